The molecule has 0 aromatic carbocycles. The fraction of sp³-hybridized carbons (Fsp3) is 0.0833. The molecule has 20 heavy (non-hydrogen) atoms. The van der Waals surface area contributed by atoms with Crippen LogP contribution in [-0.2, 0) is 6.18 Å². The molecule has 8 heteroatoms. The Labute approximate surface area is 117 Å². The normalized spacial score (nSPS) is 11.8. The second-order valence-corrected chi connectivity index (χ2v) is 4.12. The lowest BCUT2D eigenvalue weighted by atomic mass is 10.3. The van der Waals surface area contributed by atoms with Crippen molar-refractivity contribution < 1.29 is 13.2 Å². The highest BCUT2D eigenvalue weighted by Gasteiger charge is 2.31. The van der Waals surface area contributed by atoms with E-state index >= 15 is 0 Å². The summed E-state index contributed by atoms with van der Waals surface area (Å²) >= 11 is 5.71. The molecule has 2 heterocycles. The smallest absolute Gasteiger partial charge is 0.264 e. The molecule has 2 aromatic rings. The average molecular weight is 301 g/mol. The molecule has 0 saturated heterocycles. The van der Waals surface area contributed by atoms with Gasteiger partial charge in [-0.3, -0.25) is 10.4 Å². The van der Waals surface area contributed by atoms with Crippen molar-refractivity contribution in [3.05, 3.63) is 52.9 Å². The molecule has 1 N–H and O–H groups in total. The maximum Gasteiger partial charge on any atom is 0.417 e. The molecule has 2 rings (SSSR count). The zero-order valence-corrected chi connectivity index (χ0v) is 10.7. The minimum absolute atomic E-state index is 0.0415. The Morgan fingerprint density at radius 1 is 1.30 bits per heavy atom. The molecule has 104 valence electrons. The molecule has 4 nitrogen and oxygen atoms in total. The summed E-state index contributed by atoms with van der Waals surface area (Å²) in [6.07, 6.45) is 0.844. The monoisotopic (exact) mass is 300 g/mol. The van der Waals surface area contributed by atoms with E-state index in [4.69, 9.17) is 11.6 Å². The summed E-state index contributed by atoms with van der Waals surface area (Å²) in [5.74, 6) is 0.0415. The maximum atomic E-state index is 12.4. The summed E-state index contributed by atoms with van der Waals surface area (Å²) in [4.78, 5) is 7.46. The summed E-state index contributed by atoms with van der Waals surface area (Å²) in [5, 5.41) is 3.66. The lowest BCUT2D eigenvalue weighted by Gasteiger charge is -2.08. The van der Waals surface area contributed by atoms with Gasteiger partial charge in [-0.1, -0.05) is 17.7 Å². The Hall–Kier alpha value is -2.15. The summed E-state index contributed by atoms with van der Waals surface area (Å²) < 4.78 is 37.3. The second-order valence-electron chi connectivity index (χ2n) is 3.71. The molecule has 0 spiro atoms. The van der Waals surface area contributed by atoms with E-state index in [1.165, 1.54) is 6.21 Å². The molecule has 0 aliphatic rings. The van der Waals surface area contributed by atoms with Crippen LogP contribution in [0, 0.1) is 0 Å². The van der Waals surface area contributed by atoms with E-state index in [1.54, 1.807) is 24.5 Å². The average Bonchev–Trinajstić information content (AvgIpc) is 2.40. The Kier molecular flexibility index (Phi) is 4.19. The molecule has 0 amide bonds. The van der Waals surface area contributed by atoms with Crippen LogP contribution in [0.5, 0.6) is 0 Å². The SMILES string of the molecule is FC(F)(F)c1cnc(N/N=C\c2cccnc2)c(Cl)c1. The number of rotatable bonds is 3. The van der Waals surface area contributed by atoms with Gasteiger partial charge in [0.2, 0.25) is 0 Å². The number of alkyl halides is 3. The third-order valence-electron chi connectivity index (χ3n) is 2.24. The quantitative estimate of drug-likeness (QED) is 0.696. The summed E-state index contributed by atoms with van der Waals surface area (Å²) in [6, 6.07) is 4.28. The highest BCUT2D eigenvalue weighted by molar-refractivity contribution is 6.32. The van der Waals surface area contributed by atoms with Crippen LogP contribution in [0.3, 0.4) is 0 Å². The number of nitrogens with zero attached hydrogens (tertiary/aromatic N) is 3. The Morgan fingerprint density at radius 2 is 2.10 bits per heavy atom. The van der Waals surface area contributed by atoms with Crippen molar-refractivity contribution >= 4 is 23.6 Å². The van der Waals surface area contributed by atoms with E-state index in [9.17, 15) is 13.2 Å². The molecule has 0 unspecified atom stereocenters. The molecule has 0 radical (unpaired) electrons. The highest BCUT2D eigenvalue weighted by Crippen LogP contribution is 2.32. The van der Waals surface area contributed by atoms with Gasteiger partial charge in [0.1, 0.15) is 0 Å². The first kappa shape index (κ1) is 14.3. The largest absolute Gasteiger partial charge is 0.417 e. The minimum Gasteiger partial charge on any atom is -0.264 e. The summed E-state index contributed by atoms with van der Waals surface area (Å²) in [7, 11) is 0. The van der Waals surface area contributed by atoms with Gasteiger partial charge < -0.3 is 0 Å². The van der Waals surface area contributed by atoms with Crippen LogP contribution in [0.15, 0.2) is 41.9 Å². The van der Waals surface area contributed by atoms with Gasteiger partial charge in [-0.05, 0) is 12.1 Å². The van der Waals surface area contributed by atoms with Crippen molar-refractivity contribution in [3.63, 3.8) is 0 Å². The predicted molar refractivity (Wildman–Crippen MR) is 69.7 cm³/mol. The molecule has 0 bridgehead atoms. The first-order valence-electron chi connectivity index (χ1n) is 5.38. The number of hydrogen-bond acceptors (Lipinski definition) is 4. The van der Waals surface area contributed by atoms with Crippen LogP contribution in [-0.4, -0.2) is 16.2 Å². The van der Waals surface area contributed by atoms with E-state index in [2.05, 4.69) is 20.5 Å². The topological polar surface area (TPSA) is 50.2 Å². The molecular formula is C12H8ClF3N4. The lowest BCUT2D eigenvalue weighted by molar-refractivity contribution is -0.137. The van der Waals surface area contributed by atoms with Gasteiger partial charge in [-0.15, -0.1) is 0 Å². The number of aromatic nitrogens is 2. The van der Waals surface area contributed by atoms with E-state index in [-0.39, 0.29) is 10.8 Å². The van der Waals surface area contributed by atoms with Crippen molar-refractivity contribution in [1.82, 2.24) is 9.97 Å². The van der Waals surface area contributed by atoms with Gasteiger partial charge in [0, 0.05) is 24.2 Å². The van der Waals surface area contributed by atoms with E-state index in [0.29, 0.717) is 6.20 Å². The van der Waals surface area contributed by atoms with Crippen molar-refractivity contribution in [2.75, 3.05) is 5.43 Å². The molecule has 0 fully saturated rings. The molecule has 2 aromatic heterocycles. The van der Waals surface area contributed by atoms with Gasteiger partial charge in [0.25, 0.3) is 0 Å². The van der Waals surface area contributed by atoms with Crippen LogP contribution in [0.4, 0.5) is 19.0 Å². The first-order chi connectivity index (χ1) is 9.47. The molecule has 0 saturated carbocycles. The van der Waals surface area contributed by atoms with Crippen LogP contribution in [0.25, 0.3) is 0 Å². The number of anilines is 1. The fourth-order valence-electron chi connectivity index (χ4n) is 1.30. The minimum atomic E-state index is -4.48. The van der Waals surface area contributed by atoms with E-state index in [0.717, 1.165) is 11.6 Å². The number of hydrazone groups is 1. The van der Waals surface area contributed by atoms with Crippen LogP contribution >= 0.6 is 11.6 Å². The maximum absolute atomic E-state index is 12.4. The molecular weight excluding hydrogens is 293 g/mol. The number of hydrogen-bond donors (Lipinski definition) is 1. The Morgan fingerprint density at radius 3 is 2.70 bits per heavy atom. The van der Waals surface area contributed by atoms with Gasteiger partial charge in [-0.2, -0.15) is 18.3 Å². The molecule has 0 aliphatic carbocycles. The van der Waals surface area contributed by atoms with Crippen LogP contribution in [0.1, 0.15) is 11.1 Å². The van der Waals surface area contributed by atoms with E-state index in [1.807, 2.05) is 0 Å². The van der Waals surface area contributed by atoms with Crippen molar-refractivity contribution in [2.24, 2.45) is 5.10 Å². The van der Waals surface area contributed by atoms with E-state index < -0.39 is 11.7 Å². The Balaban J connectivity index is 2.09. The van der Waals surface area contributed by atoms with Gasteiger partial charge in [-0.25, -0.2) is 4.98 Å². The van der Waals surface area contributed by atoms with Crippen molar-refractivity contribution in [3.8, 4) is 0 Å². The highest BCUT2D eigenvalue weighted by atomic mass is 35.5. The van der Waals surface area contributed by atoms with Gasteiger partial charge in [0.15, 0.2) is 5.82 Å². The third kappa shape index (κ3) is 3.67. The Bertz CT molecular complexity index is 614. The van der Waals surface area contributed by atoms with Crippen LogP contribution < -0.4 is 5.43 Å². The number of nitrogens with one attached hydrogen (secondary N) is 1. The van der Waals surface area contributed by atoms with Crippen molar-refractivity contribution in [2.45, 2.75) is 6.18 Å². The summed E-state index contributed by atoms with van der Waals surface area (Å²) in [5.41, 5.74) is 2.28. The molecule has 0 atom stereocenters. The standard InChI is InChI=1S/C12H8ClF3N4/c13-10-4-9(12(14,15)16)7-18-11(10)20-19-6-8-2-1-3-17-5-8/h1-7H,(H,18,20)/b19-6-. The first-order valence-corrected chi connectivity index (χ1v) is 5.76. The number of halogens is 4. The zero-order chi connectivity index (χ0) is 14.6. The fourth-order valence-corrected chi connectivity index (χ4v) is 1.50. The number of pyridine rings is 2. The summed E-state index contributed by atoms with van der Waals surface area (Å²) in [6.45, 7) is 0. The van der Waals surface area contributed by atoms with Gasteiger partial charge in [0.05, 0.1) is 16.8 Å². The van der Waals surface area contributed by atoms with Crippen molar-refractivity contribution in [1.29, 1.82) is 0 Å². The van der Waals surface area contributed by atoms with Gasteiger partial charge >= 0.3 is 6.18 Å². The third-order valence-corrected chi connectivity index (χ3v) is 2.53. The predicted octanol–water partition coefficient (Wildman–Crippen LogP) is 3.59. The zero-order valence-electron chi connectivity index (χ0n) is 9.89. The second kappa shape index (κ2) is 5.87. The molecule has 0 aliphatic heterocycles. The lowest BCUT2D eigenvalue weighted by Crippen LogP contribution is -2.06. The van der Waals surface area contributed by atoms with Crippen LogP contribution in [0.2, 0.25) is 5.02 Å².